The number of amides is 2. The topological polar surface area (TPSA) is 72.0 Å². The Morgan fingerprint density at radius 3 is 2.25 bits per heavy atom. The van der Waals surface area contributed by atoms with Crippen LogP contribution in [0.2, 0.25) is 0 Å². The quantitative estimate of drug-likeness (QED) is 0.288. The summed E-state index contributed by atoms with van der Waals surface area (Å²) < 4.78 is 12.5. The van der Waals surface area contributed by atoms with Gasteiger partial charge >= 0.3 is 6.03 Å². The number of ether oxygens (including phenoxy) is 2. The number of urea groups is 1. The summed E-state index contributed by atoms with van der Waals surface area (Å²) in [5, 5.41) is 6.76. The van der Waals surface area contributed by atoms with E-state index in [0.29, 0.717) is 30.4 Å². The number of aryl methyl sites for hydroxylation is 2. The summed E-state index contributed by atoms with van der Waals surface area (Å²) in [5.74, 6) is 1.23. The second-order valence-corrected chi connectivity index (χ2v) is 8.07. The van der Waals surface area contributed by atoms with E-state index in [0.717, 1.165) is 21.2 Å². The van der Waals surface area contributed by atoms with Crippen molar-refractivity contribution < 1.29 is 14.3 Å². The van der Waals surface area contributed by atoms with Gasteiger partial charge in [-0.15, -0.1) is 0 Å². The van der Waals surface area contributed by atoms with Crippen LogP contribution in [-0.2, 0) is 6.61 Å². The molecule has 3 aromatic rings. The van der Waals surface area contributed by atoms with Crippen molar-refractivity contribution in [3.05, 3.63) is 87.4 Å². The molecular formula is C25H26BrN3O3. The zero-order valence-corrected chi connectivity index (χ0v) is 19.9. The molecule has 3 rings (SSSR count). The van der Waals surface area contributed by atoms with Crippen LogP contribution in [0, 0.1) is 13.8 Å². The molecule has 0 bridgehead atoms. The molecule has 0 aliphatic carbocycles. The first-order valence-electron chi connectivity index (χ1n) is 10.3. The van der Waals surface area contributed by atoms with E-state index >= 15 is 0 Å². The summed E-state index contributed by atoms with van der Waals surface area (Å²) in [6, 6.07) is 18.9. The van der Waals surface area contributed by atoms with Gasteiger partial charge in [0.2, 0.25) is 0 Å². The van der Waals surface area contributed by atoms with Crippen molar-refractivity contribution >= 4 is 33.9 Å². The van der Waals surface area contributed by atoms with Crippen LogP contribution in [0.1, 0.15) is 29.2 Å². The lowest BCUT2D eigenvalue weighted by Gasteiger charge is -2.14. The first-order valence-corrected chi connectivity index (χ1v) is 11.1. The Bertz CT molecular complexity index is 1080. The van der Waals surface area contributed by atoms with Gasteiger partial charge in [0.05, 0.1) is 12.8 Å². The number of halogens is 1. The third-order valence-corrected chi connectivity index (χ3v) is 5.24. The Hall–Kier alpha value is -3.32. The smallest absolute Gasteiger partial charge is 0.339 e. The van der Waals surface area contributed by atoms with E-state index in [1.807, 2.05) is 62.4 Å². The third-order valence-electron chi connectivity index (χ3n) is 4.56. The van der Waals surface area contributed by atoms with E-state index in [1.54, 1.807) is 6.21 Å². The number of hydrogen-bond donors (Lipinski definition) is 2. The van der Waals surface area contributed by atoms with Gasteiger partial charge < -0.3 is 14.8 Å². The number of nitrogens with one attached hydrogen (secondary N) is 2. The minimum absolute atomic E-state index is 0.427. The first kappa shape index (κ1) is 23.3. The zero-order valence-electron chi connectivity index (χ0n) is 18.3. The summed E-state index contributed by atoms with van der Waals surface area (Å²) >= 11 is 3.54. The van der Waals surface area contributed by atoms with E-state index < -0.39 is 6.03 Å². The second kappa shape index (κ2) is 11.3. The third kappa shape index (κ3) is 6.85. The van der Waals surface area contributed by atoms with Crippen LogP contribution < -0.4 is 20.2 Å². The van der Waals surface area contributed by atoms with Gasteiger partial charge in [0, 0.05) is 15.7 Å². The Kier molecular flexibility index (Phi) is 8.27. The fraction of sp³-hybridized carbons (Fsp3) is 0.200. The van der Waals surface area contributed by atoms with Gasteiger partial charge in [0.15, 0.2) is 11.5 Å². The molecule has 0 saturated heterocycles. The molecule has 0 spiro atoms. The van der Waals surface area contributed by atoms with Crippen molar-refractivity contribution in [1.29, 1.82) is 0 Å². The number of anilines is 1. The zero-order chi connectivity index (χ0) is 22.9. The lowest BCUT2D eigenvalue weighted by molar-refractivity contribution is 0.252. The molecule has 0 aliphatic rings. The summed E-state index contributed by atoms with van der Waals surface area (Å²) in [6.07, 6.45) is 1.55. The number of carbonyl (C=O) groups excluding carboxylic acids is 1. The Balaban J connectivity index is 1.65. The monoisotopic (exact) mass is 495 g/mol. The maximum atomic E-state index is 12.0. The second-order valence-electron chi connectivity index (χ2n) is 7.22. The van der Waals surface area contributed by atoms with E-state index in [-0.39, 0.29) is 0 Å². The molecule has 7 heteroatoms. The normalized spacial score (nSPS) is 10.8. The SMILES string of the molecule is CCOc1cc(/C=N\NC(=O)Nc2ccc(C)cc2)c(Br)cc1OCc1ccc(C)cc1. The van der Waals surface area contributed by atoms with Crippen molar-refractivity contribution in [2.75, 3.05) is 11.9 Å². The minimum Gasteiger partial charge on any atom is -0.490 e. The molecular weight excluding hydrogens is 470 g/mol. The van der Waals surface area contributed by atoms with Gasteiger partial charge in [-0.25, -0.2) is 10.2 Å². The Labute approximate surface area is 196 Å². The average molecular weight is 496 g/mol. The highest BCUT2D eigenvalue weighted by molar-refractivity contribution is 9.10. The molecule has 32 heavy (non-hydrogen) atoms. The van der Waals surface area contributed by atoms with Crippen LogP contribution in [0.5, 0.6) is 11.5 Å². The van der Waals surface area contributed by atoms with Crippen molar-refractivity contribution in [3.63, 3.8) is 0 Å². The molecule has 0 radical (unpaired) electrons. The summed E-state index contributed by atoms with van der Waals surface area (Å²) in [5.41, 5.74) is 7.30. The van der Waals surface area contributed by atoms with Crippen LogP contribution in [0.4, 0.5) is 10.5 Å². The van der Waals surface area contributed by atoms with Crippen molar-refractivity contribution in [1.82, 2.24) is 5.43 Å². The van der Waals surface area contributed by atoms with E-state index in [2.05, 4.69) is 50.8 Å². The van der Waals surface area contributed by atoms with E-state index in [9.17, 15) is 4.79 Å². The predicted molar refractivity (Wildman–Crippen MR) is 132 cm³/mol. The Morgan fingerprint density at radius 1 is 0.969 bits per heavy atom. The van der Waals surface area contributed by atoms with Gasteiger partial charge in [0.1, 0.15) is 6.61 Å². The largest absolute Gasteiger partial charge is 0.490 e. The van der Waals surface area contributed by atoms with Gasteiger partial charge in [0.25, 0.3) is 0 Å². The molecule has 3 aromatic carbocycles. The summed E-state index contributed by atoms with van der Waals surface area (Å²) in [6.45, 7) is 6.88. The molecule has 0 saturated carbocycles. The number of hydrogen-bond acceptors (Lipinski definition) is 4. The highest BCUT2D eigenvalue weighted by atomic mass is 79.9. The van der Waals surface area contributed by atoms with Gasteiger partial charge in [-0.2, -0.15) is 5.10 Å². The fourth-order valence-corrected chi connectivity index (χ4v) is 3.26. The molecule has 0 aliphatic heterocycles. The highest BCUT2D eigenvalue weighted by Crippen LogP contribution is 2.33. The van der Waals surface area contributed by atoms with Gasteiger partial charge in [-0.1, -0.05) is 47.5 Å². The van der Waals surface area contributed by atoms with Crippen LogP contribution in [0.3, 0.4) is 0 Å². The van der Waals surface area contributed by atoms with E-state index in [4.69, 9.17) is 9.47 Å². The summed E-state index contributed by atoms with van der Waals surface area (Å²) in [7, 11) is 0. The molecule has 6 nitrogen and oxygen atoms in total. The highest BCUT2D eigenvalue weighted by Gasteiger charge is 2.11. The molecule has 166 valence electrons. The van der Waals surface area contributed by atoms with Crippen LogP contribution in [-0.4, -0.2) is 18.9 Å². The fourth-order valence-electron chi connectivity index (χ4n) is 2.83. The number of benzene rings is 3. The van der Waals surface area contributed by atoms with E-state index in [1.165, 1.54) is 5.56 Å². The summed E-state index contributed by atoms with van der Waals surface area (Å²) in [4.78, 5) is 12.0. The van der Waals surface area contributed by atoms with Crippen LogP contribution in [0.25, 0.3) is 0 Å². The van der Waals surface area contributed by atoms with Crippen molar-refractivity contribution in [3.8, 4) is 11.5 Å². The average Bonchev–Trinajstić information content (AvgIpc) is 2.77. The standard InChI is InChI=1S/C25H26BrN3O3/c1-4-31-23-13-20(15-27-29-25(30)28-21-11-7-18(3)8-12-21)22(26)14-24(23)32-16-19-9-5-17(2)6-10-19/h5-15H,4,16H2,1-3H3,(H2,28,29,30)/b27-15-. The molecule has 2 amide bonds. The van der Waals surface area contributed by atoms with Crippen molar-refractivity contribution in [2.45, 2.75) is 27.4 Å². The number of hydrazone groups is 1. The first-order chi connectivity index (χ1) is 15.4. The minimum atomic E-state index is -0.427. The number of nitrogens with zero attached hydrogens (tertiary/aromatic N) is 1. The van der Waals surface area contributed by atoms with Crippen molar-refractivity contribution in [2.24, 2.45) is 5.10 Å². The molecule has 2 N–H and O–H groups in total. The number of carbonyl (C=O) groups is 1. The maximum Gasteiger partial charge on any atom is 0.339 e. The molecule has 0 heterocycles. The molecule has 0 aromatic heterocycles. The predicted octanol–water partition coefficient (Wildman–Crippen LogP) is 6.20. The molecule has 0 fully saturated rings. The Morgan fingerprint density at radius 2 is 1.59 bits per heavy atom. The maximum absolute atomic E-state index is 12.0. The van der Waals surface area contributed by atoms with Crippen LogP contribution in [0.15, 0.2) is 70.2 Å². The molecule has 0 atom stereocenters. The lowest BCUT2D eigenvalue weighted by atomic mass is 10.2. The lowest BCUT2D eigenvalue weighted by Crippen LogP contribution is -2.24. The molecule has 0 unspecified atom stereocenters. The van der Waals surface area contributed by atoms with Gasteiger partial charge in [-0.05, 0) is 66.5 Å². The van der Waals surface area contributed by atoms with Crippen LogP contribution >= 0.6 is 15.9 Å². The van der Waals surface area contributed by atoms with Gasteiger partial charge in [-0.3, -0.25) is 0 Å². The number of rotatable bonds is 8.